The topological polar surface area (TPSA) is 66.0 Å². The third-order valence-electron chi connectivity index (χ3n) is 3.93. The Morgan fingerprint density at radius 3 is 2.38 bits per heavy atom. The SMILES string of the molecule is Cn1cc(-c2ccc(Oc3ccccc3)cc2)c2c(N)ncnc21. The maximum absolute atomic E-state index is 6.05. The molecule has 0 aliphatic rings. The second-order valence-corrected chi connectivity index (χ2v) is 5.55. The molecule has 24 heavy (non-hydrogen) atoms. The Bertz CT molecular complexity index is 991. The van der Waals surface area contributed by atoms with Crippen LogP contribution in [0.3, 0.4) is 0 Å². The highest BCUT2D eigenvalue weighted by Gasteiger charge is 2.13. The van der Waals surface area contributed by atoms with E-state index in [1.165, 1.54) is 6.33 Å². The Kier molecular flexibility index (Phi) is 3.39. The van der Waals surface area contributed by atoms with E-state index in [4.69, 9.17) is 10.5 Å². The van der Waals surface area contributed by atoms with Crippen LogP contribution in [0.25, 0.3) is 22.2 Å². The van der Waals surface area contributed by atoms with Gasteiger partial charge in [-0.1, -0.05) is 30.3 Å². The fourth-order valence-electron chi connectivity index (χ4n) is 2.78. The number of nitrogens with two attached hydrogens (primary N) is 1. The second kappa shape index (κ2) is 5.70. The van der Waals surface area contributed by atoms with Crippen molar-refractivity contribution in [3.05, 3.63) is 67.1 Å². The molecule has 2 heterocycles. The van der Waals surface area contributed by atoms with Gasteiger partial charge < -0.3 is 15.0 Å². The van der Waals surface area contributed by atoms with Gasteiger partial charge in [-0.3, -0.25) is 0 Å². The summed E-state index contributed by atoms with van der Waals surface area (Å²) in [7, 11) is 1.95. The fraction of sp³-hybridized carbons (Fsp3) is 0.0526. The molecule has 2 aromatic carbocycles. The summed E-state index contributed by atoms with van der Waals surface area (Å²) in [5.41, 5.74) is 8.93. The molecule has 0 spiro atoms. The number of fused-ring (bicyclic) bond motifs is 1. The molecule has 0 aliphatic heterocycles. The van der Waals surface area contributed by atoms with Crippen molar-refractivity contribution < 1.29 is 4.74 Å². The normalized spacial score (nSPS) is 10.9. The molecule has 0 fully saturated rings. The summed E-state index contributed by atoms with van der Waals surface area (Å²) in [6, 6.07) is 17.6. The number of rotatable bonds is 3. The van der Waals surface area contributed by atoms with Crippen LogP contribution in [0, 0.1) is 0 Å². The van der Waals surface area contributed by atoms with Crippen molar-refractivity contribution >= 4 is 16.9 Å². The summed E-state index contributed by atoms with van der Waals surface area (Å²) in [4.78, 5) is 8.42. The average molecular weight is 316 g/mol. The van der Waals surface area contributed by atoms with E-state index in [-0.39, 0.29) is 0 Å². The van der Waals surface area contributed by atoms with E-state index in [1.807, 2.05) is 72.4 Å². The molecule has 4 rings (SSSR count). The van der Waals surface area contributed by atoms with Crippen LogP contribution in [-0.4, -0.2) is 14.5 Å². The first-order valence-electron chi connectivity index (χ1n) is 7.61. The Morgan fingerprint density at radius 1 is 0.917 bits per heavy atom. The molecule has 0 atom stereocenters. The Balaban J connectivity index is 1.71. The first-order valence-corrected chi connectivity index (χ1v) is 7.61. The van der Waals surface area contributed by atoms with Gasteiger partial charge in [0.15, 0.2) is 0 Å². The number of aromatic nitrogens is 3. The Hall–Kier alpha value is -3.34. The molecule has 0 aliphatic carbocycles. The van der Waals surface area contributed by atoms with Gasteiger partial charge in [-0.2, -0.15) is 0 Å². The largest absolute Gasteiger partial charge is 0.457 e. The third kappa shape index (κ3) is 2.46. The van der Waals surface area contributed by atoms with Gasteiger partial charge in [0.05, 0.1) is 5.39 Å². The van der Waals surface area contributed by atoms with Gasteiger partial charge in [0.1, 0.15) is 29.3 Å². The van der Waals surface area contributed by atoms with Crippen LogP contribution in [-0.2, 0) is 7.05 Å². The van der Waals surface area contributed by atoms with Crippen LogP contribution in [0.4, 0.5) is 5.82 Å². The smallest absolute Gasteiger partial charge is 0.145 e. The lowest BCUT2D eigenvalue weighted by atomic mass is 10.1. The molecule has 5 heteroatoms. The highest BCUT2D eigenvalue weighted by atomic mass is 16.5. The molecule has 2 aromatic heterocycles. The Morgan fingerprint density at radius 2 is 1.62 bits per heavy atom. The quantitative estimate of drug-likeness (QED) is 0.620. The van der Waals surface area contributed by atoms with Gasteiger partial charge >= 0.3 is 0 Å². The molecule has 0 unspecified atom stereocenters. The van der Waals surface area contributed by atoms with E-state index in [2.05, 4.69) is 9.97 Å². The van der Waals surface area contributed by atoms with Crippen LogP contribution < -0.4 is 10.5 Å². The van der Waals surface area contributed by atoms with Crippen molar-refractivity contribution in [1.82, 2.24) is 14.5 Å². The highest BCUT2D eigenvalue weighted by molar-refractivity contribution is 6.00. The first kappa shape index (κ1) is 14.3. The summed E-state index contributed by atoms with van der Waals surface area (Å²) in [5, 5.41) is 0.872. The van der Waals surface area contributed by atoms with Crippen molar-refractivity contribution in [2.24, 2.45) is 7.05 Å². The number of para-hydroxylation sites is 1. The molecule has 118 valence electrons. The molecule has 5 nitrogen and oxygen atoms in total. The molecule has 0 bridgehead atoms. The van der Waals surface area contributed by atoms with Crippen molar-refractivity contribution in [1.29, 1.82) is 0 Å². The predicted octanol–water partition coefficient (Wildman–Crippen LogP) is 4.01. The lowest BCUT2D eigenvalue weighted by Gasteiger charge is -2.06. The lowest BCUT2D eigenvalue weighted by molar-refractivity contribution is 0.483. The van der Waals surface area contributed by atoms with E-state index in [1.54, 1.807) is 0 Å². The average Bonchev–Trinajstić information content (AvgIpc) is 2.95. The van der Waals surface area contributed by atoms with Gasteiger partial charge in [0, 0.05) is 18.8 Å². The number of ether oxygens (including phenoxy) is 1. The number of hydrogen-bond donors (Lipinski definition) is 1. The molecule has 2 N–H and O–H groups in total. The van der Waals surface area contributed by atoms with Gasteiger partial charge in [0.2, 0.25) is 0 Å². The molecular formula is C19H16N4O. The summed E-state index contributed by atoms with van der Waals surface area (Å²) < 4.78 is 7.79. The molecule has 4 aromatic rings. The van der Waals surface area contributed by atoms with E-state index in [0.717, 1.165) is 33.7 Å². The van der Waals surface area contributed by atoms with Crippen molar-refractivity contribution in [3.63, 3.8) is 0 Å². The standard InChI is InChI=1S/C19H16N4O/c1-23-11-16(17-18(20)21-12-22-19(17)23)13-7-9-15(10-8-13)24-14-5-3-2-4-6-14/h2-12H,1H3,(H2,20,21,22). The summed E-state index contributed by atoms with van der Waals surface area (Å²) in [5.74, 6) is 2.09. The molecular weight excluding hydrogens is 300 g/mol. The van der Waals surface area contributed by atoms with E-state index in [9.17, 15) is 0 Å². The van der Waals surface area contributed by atoms with Crippen LogP contribution in [0.2, 0.25) is 0 Å². The minimum atomic E-state index is 0.486. The number of hydrogen-bond acceptors (Lipinski definition) is 4. The van der Waals surface area contributed by atoms with Crippen molar-refractivity contribution in [2.75, 3.05) is 5.73 Å². The fourth-order valence-corrected chi connectivity index (χ4v) is 2.78. The third-order valence-corrected chi connectivity index (χ3v) is 3.93. The van der Waals surface area contributed by atoms with E-state index >= 15 is 0 Å². The first-order chi connectivity index (χ1) is 11.7. The number of benzene rings is 2. The highest BCUT2D eigenvalue weighted by Crippen LogP contribution is 2.33. The molecule has 0 amide bonds. The number of anilines is 1. The monoisotopic (exact) mass is 316 g/mol. The minimum absolute atomic E-state index is 0.486. The maximum Gasteiger partial charge on any atom is 0.145 e. The van der Waals surface area contributed by atoms with Gasteiger partial charge in [-0.25, -0.2) is 9.97 Å². The van der Waals surface area contributed by atoms with Crippen molar-refractivity contribution in [2.45, 2.75) is 0 Å². The summed E-state index contributed by atoms with van der Waals surface area (Å²) in [6.45, 7) is 0. The van der Waals surface area contributed by atoms with Gasteiger partial charge in [-0.15, -0.1) is 0 Å². The zero-order chi connectivity index (χ0) is 16.5. The molecule has 0 radical (unpaired) electrons. The lowest BCUT2D eigenvalue weighted by Crippen LogP contribution is -1.94. The van der Waals surface area contributed by atoms with Crippen molar-refractivity contribution in [3.8, 4) is 22.6 Å². The number of nitrogens with zero attached hydrogens (tertiary/aromatic N) is 3. The van der Waals surface area contributed by atoms with Crippen LogP contribution >= 0.6 is 0 Å². The maximum atomic E-state index is 6.05. The van der Waals surface area contributed by atoms with Gasteiger partial charge in [0.25, 0.3) is 0 Å². The number of aryl methyl sites for hydroxylation is 1. The zero-order valence-electron chi connectivity index (χ0n) is 13.2. The number of nitrogen functional groups attached to an aromatic ring is 1. The second-order valence-electron chi connectivity index (χ2n) is 5.55. The Labute approximate surface area is 139 Å². The predicted molar refractivity (Wildman–Crippen MR) is 94.9 cm³/mol. The van der Waals surface area contributed by atoms with E-state index in [0.29, 0.717) is 5.82 Å². The molecule has 0 saturated heterocycles. The minimum Gasteiger partial charge on any atom is -0.457 e. The summed E-state index contributed by atoms with van der Waals surface area (Å²) >= 11 is 0. The van der Waals surface area contributed by atoms with Crippen LogP contribution in [0.1, 0.15) is 0 Å². The molecule has 0 saturated carbocycles. The van der Waals surface area contributed by atoms with E-state index < -0.39 is 0 Å². The zero-order valence-corrected chi connectivity index (χ0v) is 13.2. The van der Waals surface area contributed by atoms with Crippen LogP contribution in [0.15, 0.2) is 67.1 Å². The summed E-state index contributed by atoms with van der Waals surface area (Å²) in [6.07, 6.45) is 3.50. The van der Waals surface area contributed by atoms with Gasteiger partial charge in [-0.05, 0) is 29.8 Å². The van der Waals surface area contributed by atoms with Crippen LogP contribution in [0.5, 0.6) is 11.5 Å².